The molecule has 0 bridgehead atoms. The number of phenols is 1. The monoisotopic (exact) mass is 864 g/mol. The van der Waals surface area contributed by atoms with Gasteiger partial charge in [-0.25, -0.2) is 18.6 Å². The number of phenolic OH excluding ortho intramolecular Hbond substituents is 1. The van der Waals surface area contributed by atoms with E-state index in [0.29, 0.717) is 78.3 Å². The minimum absolute atomic E-state index is 0.000187. The quantitative estimate of drug-likeness (QED) is 0.0848. The van der Waals surface area contributed by atoms with Crippen molar-refractivity contribution in [2.24, 2.45) is 0 Å². The van der Waals surface area contributed by atoms with Gasteiger partial charge in [0.25, 0.3) is 0 Å². The van der Waals surface area contributed by atoms with Crippen molar-refractivity contribution in [1.29, 1.82) is 0 Å². The molecule has 1 N–H and O–H groups in total. The topological polar surface area (TPSA) is 121 Å². The second kappa shape index (κ2) is 19.4. The average molecular weight is 865 g/mol. The third-order valence-electron chi connectivity index (χ3n) is 13.9. The maximum atomic E-state index is 17.6. The van der Waals surface area contributed by atoms with Crippen LogP contribution in [0.2, 0.25) is 0 Å². The van der Waals surface area contributed by atoms with Crippen LogP contribution in [0.25, 0.3) is 32.9 Å². The van der Waals surface area contributed by atoms with Gasteiger partial charge in [0.05, 0.1) is 28.7 Å². The van der Waals surface area contributed by atoms with Gasteiger partial charge >= 0.3 is 11.8 Å². The number of halogens is 2. The second-order valence-corrected chi connectivity index (χ2v) is 17.6. The lowest BCUT2D eigenvalue weighted by Crippen LogP contribution is -2.58. The lowest BCUT2D eigenvalue weighted by Gasteiger charge is -2.47. The molecule has 5 aromatic rings. The predicted octanol–water partition coefficient (Wildman–Crippen LogP) is 10.1. The van der Waals surface area contributed by atoms with Crippen molar-refractivity contribution in [3.63, 3.8) is 0 Å². The summed E-state index contributed by atoms with van der Waals surface area (Å²) < 4.78 is 50.7. The van der Waals surface area contributed by atoms with Crippen molar-refractivity contribution in [2.75, 3.05) is 37.7 Å². The van der Waals surface area contributed by atoms with E-state index in [9.17, 15) is 9.90 Å². The van der Waals surface area contributed by atoms with Crippen molar-refractivity contribution in [3.8, 4) is 35.4 Å². The highest BCUT2D eigenvalue weighted by Gasteiger charge is 2.45. The van der Waals surface area contributed by atoms with Gasteiger partial charge in [-0.05, 0) is 94.5 Å². The molecule has 0 saturated carbocycles. The summed E-state index contributed by atoms with van der Waals surface area (Å²) in [6.07, 6.45) is 20.4. The number of rotatable bonds is 14. The Morgan fingerprint density at radius 3 is 2.48 bits per heavy atom. The number of piperazine rings is 1. The van der Waals surface area contributed by atoms with Crippen LogP contribution in [-0.2, 0) is 19.4 Å². The summed E-state index contributed by atoms with van der Waals surface area (Å²) in [6.45, 7) is 12.5. The SMILES string of the molecule is C#Cc1c(F)ccc2cc(O)cc(-c3nc4c5c(nc(OCC67CCCN6CCC7)nc5c3F)N3C[C@@H](CC)N(Cc5oc(=O)oc5CCCCCCCC)CC3CCC4)c12.CC. The molecule has 7 heterocycles. The Bertz CT molecular complexity index is 2520. The Kier molecular flexibility index (Phi) is 13.7. The van der Waals surface area contributed by atoms with Crippen LogP contribution in [0.1, 0.15) is 134 Å². The second-order valence-electron chi connectivity index (χ2n) is 17.6. The van der Waals surface area contributed by atoms with Gasteiger partial charge in [0.15, 0.2) is 17.3 Å². The number of unbranched alkanes of at least 4 members (excludes halogenated alkanes) is 5. The standard InChI is InChI=1S/C48H56F2N6O5.C2H6/c1-4-7-8-9-10-11-17-38-39(61-47(58)60-38)28-54-26-32-15-12-16-37-41-44(42(50)43(51-37)35-25-33(57)24-30-18-19-36(49)34(6-3)40(30)35)52-46(53-45(41)56(32)27-31(54)5-2)59-29-48-20-13-22-55(48)23-14-21-48;1-2/h3,18-19,24-25,31-32,57H,4-5,7-17,20-23,26-29H2,1-2H3;1-2H3/t31-,32?;/m1./s1. The molecule has 0 amide bonds. The van der Waals surface area contributed by atoms with Crippen LogP contribution in [0, 0.1) is 24.0 Å². The van der Waals surface area contributed by atoms with Crippen LogP contribution in [0.15, 0.2) is 37.9 Å². The van der Waals surface area contributed by atoms with Gasteiger partial charge in [0.2, 0.25) is 0 Å². The molecule has 1 unspecified atom stereocenters. The van der Waals surface area contributed by atoms with Crippen LogP contribution < -0.4 is 15.5 Å². The van der Waals surface area contributed by atoms with Gasteiger partial charge < -0.3 is 23.6 Å². The molecular weight excluding hydrogens is 803 g/mol. The molecule has 2 atom stereocenters. The Labute approximate surface area is 369 Å². The molecule has 11 nitrogen and oxygen atoms in total. The van der Waals surface area contributed by atoms with E-state index in [4.69, 9.17) is 34.9 Å². The zero-order chi connectivity index (χ0) is 44.3. The number of pyridine rings is 1. The van der Waals surface area contributed by atoms with Gasteiger partial charge in [-0.2, -0.15) is 9.97 Å². The molecule has 0 aliphatic carbocycles. The molecule has 2 aromatic carbocycles. The summed E-state index contributed by atoms with van der Waals surface area (Å²) in [5.41, 5.74) is 0.685. The smallest absolute Gasteiger partial charge is 0.508 e. The molecule has 3 fully saturated rings. The van der Waals surface area contributed by atoms with Gasteiger partial charge in [-0.1, -0.05) is 71.8 Å². The first-order valence-corrected chi connectivity index (χ1v) is 23.5. The number of terminal acetylenes is 1. The highest BCUT2D eigenvalue weighted by atomic mass is 19.1. The summed E-state index contributed by atoms with van der Waals surface area (Å²) in [5.74, 6) is 2.14. The van der Waals surface area contributed by atoms with E-state index in [1.54, 1.807) is 0 Å². The number of benzene rings is 2. The molecule has 9 rings (SSSR count). The molecule has 0 spiro atoms. The number of anilines is 1. The lowest BCUT2D eigenvalue weighted by molar-refractivity contribution is 0.107. The van der Waals surface area contributed by atoms with E-state index in [-0.39, 0.29) is 51.7 Å². The van der Waals surface area contributed by atoms with Gasteiger partial charge in [-0.15, -0.1) is 6.42 Å². The first kappa shape index (κ1) is 44.5. The summed E-state index contributed by atoms with van der Waals surface area (Å²) in [6, 6.07) is 5.80. The number of hydrogen-bond acceptors (Lipinski definition) is 11. The number of hydrogen-bond donors (Lipinski definition) is 1. The van der Waals surface area contributed by atoms with Crippen molar-refractivity contribution < 1.29 is 27.5 Å². The van der Waals surface area contributed by atoms with Crippen molar-refractivity contribution in [2.45, 2.75) is 148 Å². The normalized spacial score (nSPS) is 19.6. The van der Waals surface area contributed by atoms with Gasteiger partial charge in [0, 0.05) is 42.5 Å². The van der Waals surface area contributed by atoms with Crippen LogP contribution in [0.4, 0.5) is 14.6 Å². The third-order valence-corrected chi connectivity index (χ3v) is 13.9. The molecule has 4 aliphatic heterocycles. The Morgan fingerprint density at radius 1 is 0.952 bits per heavy atom. The highest BCUT2D eigenvalue weighted by Crippen LogP contribution is 2.44. The maximum absolute atomic E-state index is 17.6. The Hall–Kier alpha value is -5.06. The summed E-state index contributed by atoms with van der Waals surface area (Å²) in [5, 5.41) is 12.2. The van der Waals surface area contributed by atoms with E-state index in [0.717, 1.165) is 70.9 Å². The van der Waals surface area contributed by atoms with E-state index >= 15 is 8.78 Å². The zero-order valence-corrected chi connectivity index (χ0v) is 37.4. The van der Waals surface area contributed by atoms with Crippen molar-refractivity contribution in [1.82, 2.24) is 24.8 Å². The number of fused-ring (bicyclic) bond motifs is 4. The van der Waals surface area contributed by atoms with Gasteiger partial charge in [-0.3, -0.25) is 9.80 Å². The molecule has 13 heteroatoms. The number of nitrogens with zero attached hydrogens (tertiary/aromatic N) is 6. The fourth-order valence-electron chi connectivity index (χ4n) is 10.7. The van der Waals surface area contributed by atoms with Crippen molar-refractivity contribution >= 4 is 27.5 Å². The fourth-order valence-corrected chi connectivity index (χ4v) is 10.7. The molecule has 4 aliphatic rings. The lowest BCUT2D eigenvalue weighted by atomic mass is 9.93. The minimum Gasteiger partial charge on any atom is -0.508 e. The van der Waals surface area contributed by atoms with Crippen LogP contribution >= 0.6 is 0 Å². The van der Waals surface area contributed by atoms with E-state index < -0.39 is 17.5 Å². The van der Waals surface area contributed by atoms with Gasteiger partial charge in [0.1, 0.15) is 35.2 Å². The molecule has 63 heavy (non-hydrogen) atoms. The highest BCUT2D eigenvalue weighted by molar-refractivity contribution is 6.03. The molecule has 336 valence electrons. The molecule has 0 radical (unpaired) electrons. The van der Waals surface area contributed by atoms with E-state index in [2.05, 4.69) is 34.5 Å². The third kappa shape index (κ3) is 8.78. The van der Waals surface area contributed by atoms with Crippen LogP contribution in [0.5, 0.6) is 11.8 Å². The Morgan fingerprint density at radius 2 is 1.71 bits per heavy atom. The van der Waals surface area contributed by atoms with E-state index in [1.165, 1.54) is 49.9 Å². The zero-order valence-electron chi connectivity index (χ0n) is 37.4. The number of aromatic hydroxyl groups is 1. The minimum atomic E-state index is -0.719. The largest absolute Gasteiger partial charge is 0.519 e. The van der Waals surface area contributed by atoms with Crippen LogP contribution in [0.3, 0.4) is 0 Å². The first-order chi connectivity index (χ1) is 30.7. The molecule has 3 aromatic heterocycles. The summed E-state index contributed by atoms with van der Waals surface area (Å²) in [4.78, 5) is 34.6. The predicted molar refractivity (Wildman–Crippen MR) is 242 cm³/mol. The fraction of sp³-hybridized carbons (Fsp3) is 0.560. The van der Waals surface area contributed by atoms with E-state index in [1.807, 2.05) is 13.8 Å². The van der Waals surface area contributed by atoms with Crippen LogP contribution in [-0.4, -0.2) is 80.3 Å². The number of aryl methyl sites for hydroxylation is 2. The average Bonchev–Trinajstić information content (AvgIpc) is 3.98. The number of ether oxygens (including phenoxy) is 1. The molecule has 3 saturated heterocycles. The summed E-state index contributed by atoms with van der Waals surface area (Å²) in [7, 11) is 0. The number of aromatic nitrogens is 3. The first-order valence-electron chi connectivity index (χ1n) is 23.5. The summed E-state index contributed by atoms with van der Waals surface area (Å²) >= 11 is 0. The Balaban J connectivity index is 0.00000268. The molecular formula is C50H62F2N6O5. The maximum Gasteiger partial charge on any atom is 0.519 e. The van der Waals surface area contributed by atoms with Crippen molar-refractivity contribution in [3.05, 3.63) is 69.3 Å².